The highest BCUT2D eigenvalue weighted by Crippen LogP contribution is 2.26. The van der Waals surface area contributed by atoms with Crippen molar-refractivity contribution in [3.8, 4) is 5.75 Å². The molecule has 3 amide bonds. The van der Waals surface area contributed by atoms with Gasteiger partial charge >= 0.3 is 0 Å². The van der Waals surface area contributed by atoms with Gasteiger partial charge in [-0.1, -0.05) is 18.2 Å². The molecule has 1 aliphatic rings. The zero-order chi connectivity index (χ0) is 21.0. The van der Waals surface area contributed by atoms with Crippen molar-refractivity contribution in [2.75, 3.05) is 18.5 Å². The Kier molecular flexibility index (Phi) is 6.16. The first-order valence-corrected chi connectivity index (χ1v) is 9.66. The third-order valence-corrected chi connectivity index (χ3v) is 5.01. The Morgan fingerprint density at radius 2 is 1.97 bits per heavy atom. The van der Waals surface area contributed by atoms with Crippen molar-refractivity contribution in [3.63, 3.8) is 0 Å². The number of para-hydroxylation sites is 1. The summed E-state index contributed by atoms with van der Waals surface area (Å²) in [6, 6.07) is 11.4. The van der Waals surface area contributed by atoms with Crippen molar-refractivity contribution in [2.45, 2.75) is 32.7 Å². The number of amides is 3. The van der Waals surface area contributed by atoms with Gasteiger partial charge in [-0.2, -0.15) is 0 Å². The summed E-state index contributed by atoms with van der Waals surface area (Å²) >= 11 is 0. The number of benzene rings is 2. The van der Waals surface area contributed by atoms with Crippen molar-refractivity contribution < 1.29 is 19.1 Å². The number of rotatable bonds is 6. The maximum absolute atomic E-state index is 13.1. The van der Waals surface area contributed by atoms with Gasteiger partial charge in [0, 0.05) is 17.8 Å². The lowest BCUT2D eigenvalue weighted by molar-refractivity contribution is -0.119. The molecule has 0 aromatic heterocycles. The monoisotopic (exact) mass is 395 g/mol. The highest BCUT2D eigenvalue weighted by atomic mass is 16.5. The number of carbonyl (C=O) groups excluding carboxylic acids is 3. The number of likely N-dealkylation sites (tertiary alicyclic amines) is 1. The minimum atomic E-state index is -0.589. The molecule has 0 spiro atoms. The molecule has 152 valence electrons. The molecule has 1 atom stereocenters. The van der Waals surface area contributed by atoms with Gasteiger partial charge in [0.25, 0.3) is 5.91 Å². The lowest BCUT2D eigenvalue weighted by Gasteiger charge is -2.25. The van der Waals surface area contributed by atoms with E-state index in [1.165, 1.54) is 0 Å². The van der Waals surface area contributed by atoms with E-state index < -0.39 is 11.9 Å². The van der Waals surface area contributed by atoms with Gasteiger partial charge in [0.15, 0.2) is 0 Å². The van der Waals surface area contributed by atoms with Gasteiger partial charge in [-0.25, -0.2) is 0 Å². The van der Waals surface area contributed by atoms with Gasteiger partial charge in [-0.15, -0.1) is 0 Å². The number of anilines is 1. The first-order valence-electron chi connectivity index (χ1n) is 9.66. The molecule has 1 fully saturated rings. The van der Waals surface area contributed by atoms with E-state index in [0.717, 1.165) is 12.0 Å². The molecule has 0 saturated carbocycles. The second-order valence-corrected chi connectivity index (χ2v) is 6.97. The zero-order valence-corrected chi connectivity index (χ0v) is 16.6. The summed E-state index contributed by atoms with van der Waals surface area (Å²) in [5.41, 5.74) is 7.42. The van der Waals surface area contributed by atoms with Crippen LogP contribution in [0, 0.1) is 6.92 Å². The smallest absolute Gasteiger partial charge is 0.258 e. The van der Waals surface area contributed by atoms with Crippen LogP contribution in [0.5, 0.6) is 5.75 Å². The number of nitrogens with zero attached hydrogens (tertiary/aromatic N) is 1. The van der Waals surface area contributed by atoms with Crippen LogP contribution >= 0.6 is 0 Å². The Balaban J connectivity index is 1.81. The van der Waals surface area contributed by atoms with Crippen LogP contribution in [0.2, 0.25) is 0 Å². The molecule has 7 heteroatoms. The average molecular weight is 395 g/mol. The SMILES string of the molecule is CCOc1ccccc1C(=O)N1CCCC1C(=O)Nc1cc(C(N)=O)ccc1C. The van der Waals surface area contributed by atoms with E-state index in [9.17, 15) is 14.4 Å². The van der Waals surface area contributed by atoms with E-state index in [-0.39, 0.29) is 11.8 Å². The molecule has 1 unspecified atom stereocenters. The second-order valence-electron chi connectivity index (χ2n) is 6.97. The number of aryl methyl sites for hydroxylation is 1. The predicted octanol–water partition coefficient (Wildman–Crippen LogP) is 2.74. The summed E-state index contributed by atoms with van der Waals surface area (Å²) in [6.45, 7) is 4.63. The van der Waals surface area contributed by atoms with Gasteiger partial charge in [-0.3, -0.25) is 14.4 Å². The standard InChI is InChI=1S/C22H25N3O4/c1-3-29-19-9-5-4-7-16(19)22(28)25-12-6-8-18(25)21(27)24-17-13-15(20(23)26)11-10-14(17)2/h4-5,7,9-11,13,18H,3,6,8,12H2,1-2H3,(H2,23,26)(H,24,27). The van der Waals surface area contributed by atoms with Crippen LogP contribution in [-0.4, -0.2) is 41.8 Å². The van der Waals surface area contributed by atoms with E-state index in [1.54, 1.807) is 41.3 Å². The number of nitrogens with one attached hydrogen (secondary N) is 1. The average Bonchev–Trinajstić information content (AvgIpc) is 3.19. The van der Waals surface area contributed by atoms with Crippen molar-refractivity contribution in [1.29, 1.82) is 0 Å². The Morgan fingerprint density at radius 1 is 1.21 bits per heavy atom. The first-order chi connectivity index (χ1) is 13.9. The maximum Gasteiger partial charge on any atom is 0.258 e. The van der Waals surface area contributed by atoms with Crippen molar-refractivity contribution >= 4 is 23.4 Å². The molecule has 2 aromatic rings. The fourth-order valence-electron chi connectivity index (χ4n) is 3.49. The fourth-order valence-corrected chi connectivity index (χ4v) is 3.49. The Hall–Kier alpha value is -3.35. The molecule has 3 N–H and O–H groups in total. The van der Waals surface area contributed by atoms with Gasteiger partial charge < -0.3 is 20.7 Å². The molecule has 1 saturated heterocycles. The summed E-state index contributed by atoms with van der Waals surface area (Å²) in [5.74, 6) is -0.564. The highest BCUT2D eigenvalue weighted by Gasteiger charge is 2.35. The minimum absolute atomic E-state index is 0.227. The molecule has 3 rings (SSSR count). The fraction of sp³-hybridized carbons (Fsp3) is 0.318. The van der Waals surface area contributed by atoms with Gasteiger partial charge in [0.05, 0.1) is 12.2 Å². The lowest BCUT2D eigenvalue weighted by Crippen LogP contribution is -2.43. The van der Waals surface area contributed by atoms with E-state index >= 15 is 0 Å². The number of hydrogen-bond donors (Lipinski definition) is 2. The number of hydrogen-bond acceptors (Lipinski definition) is 4. The molecule has 0 bridgehead atoms. The van der Waals surface area contributed by atoms with Crippen LogP contribution in [0.4, 0.5) is 5.69 Å². The van der Waals surface area contributed by atoms with E-state index in [0.29, 0.717) is 42.1 Å². The van der Waals surface area contributed by atoms with E-state index in [1.807, 2.05) is 19.9 Å². The van der Waals surface area contributed by atoms with Crippen LogP contribution in [0.15, 0.2) is 42.5 Å². The third kappa shape index (κ3) is 4.39. The normalized spacial score (nSPS) is 15.8. The van der Waals surface area contributed by atoms with E-state index in [4.69, 9.17) is 10.5 Å². The molecular formula is C22H25N3O4. The Bertz CT molecular complexity index is 941. The van der Waals surface area contributed by atoms with Crippen molar-refractivity contribution in [3.05, 3.63) is 59.2 Å². The van der Waals surface area contributed by atoms with Gasteiger partial charge in [0.1, 0.15) is 11.8 Å². The number of carbonyl (C=O) groups is 3. The summed E-state index contributed by atoms with van der Waals surface area (Å²) in [6.07, 6.45) is 1.31. The zero-order valence-electron chi connectivity index (χ0n) is 16.6. The van der Waals surface area contributed by atoms with Crippen LogP contribution in [0.3, 0.4) is 0 Å². The van der Waals surface area contributed by atoms with Crippen LogP contribution in [0.25, 0.3) is 0 Å². The summed E-state index contributed by atoms with van der Waals surface area (Å²) in [5, 5.41) is 2.85. The van der Waals surface area contributed by atoms with Crippen LogP contribution in [0.1, 0.15) is 46.0 Å². The highest BCUT2D eigenvalue weighted by molar-refractivity contribution is 6.03. The number of ether oxygens (including phenoxy) is 1. The Labute approximate surface area is 169 Å². The topological polar surface area (TPSA) is 102 Å². The molecule has 1 heterocycles. The first kappa shape index (κ1) is 20.4. The predicted molar refractivity (Wildman–Crippen MR) is 110 cm³/mol. The largest absolute Gasteiger partial charge is 0.493 e. The minimum Gasteiger partial charge on any atom is -0.493 e. The number of nitrogens with two attached hydrogens (primary N) is 1. The molecule has 1 aliphatic heterocycles. The molecule has 29 heavy (non-hydrogen) atoms. The molecule has 0 aliphatic carbocycles. The maximum atomic E-state index is 13.1. The Morgan fingerprint density at radius 3 is 2.69 bits per heavy atom. The van der Waals surface area contributed by atoms with E-state index in [2.05, 4.69) is 5.32 Å². The quantitative estimate of drug-likeness (QED) is 0.785. The number of primary amides is 1. The summed E-state index contributed by atoms with van der Waals surface area (Å²) in [4.78, 5) is 39.1. The van der Waals surface area contributed by atoms with Gasteiger partial charge in [-0.05, 0) is 56.5 Å². The van der Waals surface area contributed by atoms with Crippen molar-refractivity contribution in [2.24, 2.45) is 5.73 Å². The molecular weight excluding hydrogens is 370 g/mol. The lowest BCUT2D eigenvalue weighted by atomic mass is 10.1. The summed E-state index contributed by atoms with van der Waals surface area (Å²) < 4.78 is 5.57. The van der Waals surface area contributed by atoms with Crippen LogP contribution in [-0.2, 0) is 4.79 Å². The molecule has 7 nitrogen and oxygen atoms in total. The van der Waals surface area contributed by atoms with Crippen LogP contribution < -0.4 is 15.8 Å². The second kappa shape index (κ2) is 8.77. The molecule has 2 aromatic carbocycles. The summed E-state index contributed by atoms with van der Waals surface area (Å²) in [7, 11) is 0. The van der Waals surface area contributed by atoms with Crippen molar-refractivity contribution in [1.82, 2.24) is 4.90 Å². The third-order valence-electron chi connectivity index (χ3n) is 5.01. The van der Waals surface area contributed by atoms with Gasteiger partial charge in [0.2, 0.25) is 11.8 Å². The molecule has 0 radical (unpaired) electrons.